The number of carbonyl (C=O) groups is 1. The normalized spacial score (nSPS) is 64.1. The van der Waals surface area contributed by atoms with Crippen LogP contribution in [0.15, 0.2) is 0 Å². The van der Waals surface area contributed by atoms with Crippen molar-refractivity contribution in [3.63, 3.8) is 0 Å². The average Bonchev–Trinajstić information content (AvgIpc) is 2.75. The fourth-order valence-electron chi connectivity index (χ4n) is 5.88. The molecule has 0 unspecified atom stereocenters. The lowest BCUT2D eigenvalue weighted by atomic mass is 9.49. The Morgan fingerprint density at radius 3 is 2.73 bits per heavy atom. The first-order valence-corrected chi connectivity index (χ1v) is 6.39. The molecular weight excluding hydrogens is 188 g/mol. The molecule has 2 nitrogen and oxygen atoms in total. The van der Waals surface area contributed by atoms with Crippen LogP contribution >= 0.6 is 0 Å². The molecular formula is C13H18O2. The summed E-state index contributed by atoms with van der Waals surface area (Å²) in [6.45, 7) is 2.32. The van der Waals surface area contributed by atoms with Crippen molar-refractivity contribution in [2.24, 2.45) is 40.9 Å². The van der Waals surface area contributed by atoms with Gasteiger partial charge in [-0.15, -0.1) is 0 Å². The monoisotopic (exact) mass is 206 g/mol. The summed E-state index contributed by atoms with van der Waals surface area (Å²) in [4.78, 5) is 11.1. The second-order valence-corrected chi connectivity index (χ2v) is 6.43. The summed E-state index contributed by atoms with van der Waals surface area (Å²) in [5.74, 6) is 3.80. The fourth-order valence-corrected chi connectivity index (χ4v) is 5.88. The standard InChI is InChI=1S/C13H18O2/c1-6-10-7-2-3-8(4-7)11(10)13(6)5-9(13)12(14)15/h6-11H,2-5H2,1H3,(H,14,15)/t6-,7+,8+,9+,10-,11+,13-/m1/s1. The predicted octanol–water partition coefficient (Wildman–Crippen LogP) is 2.39. The van der Waals surface area contributed by atoms with Gasteiger partial charge in [-0.3, -0.25) is 4.79 Å². The summed E-state index contributed by atoms with van der Waals surface area (Å²) in [6.07, 6.45) is 5.25. The quantitative estimate of drug-likeness (QED) is 0.715. The molecule has 0 heterocycles. The van der Waals surface area contributed by atoms with Crippen molar-refractivity contribution >= 4 is 5.97 Å². The number of carboxylic acid groups (broad SMARTS) is 1. The van der Waals surface area contributed by atoms with E-state index >= 15 is 0 Å². The maximum Gasteiger partial charge on any atom is 0.307 e. The number of fused-ring (bicyclic) bond motifs is 6. The van der Waals surface area contributed by atoms with Crippen LogP contribution in [0.2, 0.25) is 0 Å². The summed E-state index contributed by atoms with van der Waals surface area (Å²) in [5, 5.41) is 9.16. The number of hydrogen-bond acceptors (Lipinski definition) is 1. The lowest BCUT2D eigenvalue weighted by molar-refractivity contribution is -0.146. The zero-order valence-corrected chi connectivity index (χ0v) is 9.15. The van der Waals surface area contributed by atoms with Gasteiger partial charge in [-0.05, 0) is 60.7 Å². The van der Waals surface area contributed by atoms with E-state index in [-0.39, 0.29) is 11.3 Å². The Kier molecular flexibility index (Phi) is 1.29. The van der Waals surface area contributed by atoms with Gasteiger partial charge in [-0.25, -0.2) is 0 Å². The Morgan fingerprint density at radius 1 is 1.33 bits per heavy atom. The zero-order valence-electron chi connectivity index (χ0n) is 9.15. The molecule has 0 aromatic carbocycles. The van der Waals surface area contributed by atoms with Crippen LogP contribution in [0.5, 0.6) is 0 Å². The zero-order chi connectivity index (χ0) is 10.4. The summed E-state index contributed by atoms with van der Waals surface area (Å²) in [7, 11) is 0. The maximum absolute atomic E-state index is 11.1. The second-order valence-electron chi connectivity index (χ2n) is 6.43. The van der Waals surface area contributed by atoms with Crippen LogP contribution in [-0.2, 0) is 4.79 Å². The van der Waals surface area contributed by atoms with Gasteiger partial charge in [-0.1, -0.05) is 6.92 Å². The van der Waals surface area contributed by atoms with Crippen molar-refractivity contribution in [2.75, 3.05) is 0 Å². The highest BCUT2D eigenvalue weighted by molar-refractivity contribution is 5.75. The molecule has 1 N–H and O–H groups in total. The molecule has 4 fully saturated rings. The first-order chi connectivity index (χ1) is 7.16. The van der Waals surface area contributed by atoms with Crippen LogP contribution < -0.4 is 0 Å². The first kappa shape index (κ1) is 8.60. The molecule has 2 heteroatoms. The van der Waals surface area contributed by atoms with E-state index in [1.54, 1.807) is 0 Å². The van der Waals surface area contributed by atoms with Crippen molar-refractivity contribution in [2.45, 2.75) is 32.6 Å². The highest BCUT2D eigenvalue weighted by Crippen LogP contribution is 2.82. The molecule has 0 radical (unpaired) electrons. The average molecular weight is 206 g/mol. The lowest BCUT2D eigenvalue weighted by Gasteiger charge is -2.55. The third-order valence-corrected chi connectivity index (χ3v) is 6.37. The minimum atomic E-state index is -0.525. The molecule has 0 aromatic heterocycles. The molecule has 1 spiro atoms. The Balaban J connectivity index is 1.67. The SMILES string of the molecule is C[C@@H]1[C@@H]2[C@H]3CC[C@@H](C3)[C@@H]2[C@]12C[C@H]2C(=O)O. The first-order valence-electron chi connectivity index (χ1n) is 6.39. The largest absolute Gasteiger partial charge is 0.481 e. The molecule has 0 amide bonds. The third kappa shape index (κ3) is 0.724. The Hall–Kier alpha value is -0.530. The highest BCUT2D eigenvalue weighted by atomic mass is 16.4. The number of aliphatic carboxylic acids is 1. The molecule has 4 saturated carbocycles. The van der Waals surface area contributed by atoms with Crippen molar-refractivity contribution in [3.05, 3.63) is 0 Å². The smallest absolute Gasteiger partial charge is 0.307 e. The van der Waals surface area contributed by atoms with Gasteiger partial charge in [0.2, 0.25) is 0 Å². The van der Waals surface area contributed by atoms with Crippen LogP contribution in [0.4, 0.5) is 0 Å². The fraction of sp³-hybridized carbons (Fsp3) is 0.923. The molecule has 2 bridgehead atoms. The van der Waals surface area contributed by atoms with Gasteiger partial charge in [0.1, 0.15) is 0 Å². The van der Waals surface area contributed by atoms with E-state index in [1.165, 1.54) is 19.3 Å². The Morgan fingerprint density at radius 2 is 2.07 bits per heavy atom. The van der Waals surface area contributed by atoms with Crippen LogP contribution in [0.1, 0.15) is 32.6 Å². The van der Waals surface area contributed by atoms with Crippen molar-refractivity contribution in [1.82, 2.24) is 0 Å². The molecule has 4 aliphatic carbocycles. The van der Waals surface area contributed by atoms with E-state index in [0.29, 0.717) is 5.92 Å². The van der Waals surface area contributed by atoms with E-state index in [9.17, 15) is 4.79 Å². The predicted molar refractivity (Wildman–Crippen MR) is 55.2 cm³/mol. The topological polar surface area (TPSA) is 37.3 Å². The van der Waals surface area contributed by atoms with Crippen LogP contribution in [0.25, 0.3) is 0 Å². The number of hydrogen-bond donors (Lipinski definition) is 1. The van der Waals surface area contributed by atoms with Crippen LogP contribution in [0, 0.1) is 40.9 Å². The molecule has 7 atom stereocenters. The minimum Gasteiger partial charge on any atom is -0.481 e. The molecule has 82 valence electrons. The van der Waals surface area contributed by atoms with E-state index in [4.69, 9.17) is 5.11 Å². The van der Waals surface area contributed by atoms with Crippen LogP contribution in [0.3, 0.4) is 0 Å². The van der Waals surface area contributed by atoms with E-state index in [1.807, 2.05) is 0 Å². The van der Waals surface area contributed by atoms with Gasteiger partial charge in [-0.2, -0.15) is 0 Å². The van der Waals surface area contributed by atoms with E-state index in [0.717, 1.165) is 30.1 Å². The number of rotatable bonds is 1. The second kappa shape index (κ2) is 2.26. The summed E-state index contributed by atoms with van der Waals surface area (Å²) in [5.41, 5.74) is 0.274. The third-order valence-electron chi connectivity index (χ3n) is 6.37. The van der Waals surface area contributed by atoms with Gasteiger partial charge in [0.15, 0.2) is 0 Å². The summed E-state index contributed by atoms with van der Waals surface area (Å²) >= 11 is 0. The molecule has 0 aliphatic heterocycles. The summed E-state index contributed by atoms with van der Waals surface area (Å²) in [6, 6.07) is 0. The molecule has 4 rings (SSSR count). The Bertz CT molecular complexity index is 350. The molecule has 0 aromatic rings. The lowest BCUT2D eigenvalue weighted by Crippen LogP contribution is -2.52. The van der Waals surface area contributed by atoms with Crippen molar-refractivity contribution in [1.29, 1.82) is 0 Å². The molecule has 0 saturated heterocycles. The number of carboxylic acids is 1. The van der Waals surface area contributed by atoms with Crippen molar-refractivity contribution in [3.8, 4) is 0 Å². The Labute approximate surface area is 90.1 Å². The van der Waals surface area contributed by atoms with Gasteiger partial charge in [0.05, 0.1) is 5.92 Å². The van der Waals surface area contributed by atoms with Gasteiger partial charge < -0.3 is 5.11 Å². The van der Waals surface area contributed by atoms with Gasteiger partial charge >= 0.3 is 5.97 Å². The minimum absolute atomic E-state index is 0.0214. The van der Waals surface area contributed by atoms with Crippen molar-refractivity contribution < 1.29 is 9.90 Å². The highest BCUT2D eigenvalue weighted by Gasteiger charge is 2.79. The van der Waals surface area contributed by atoms with E-state index < -0.39 is 5.97 Å². The van der Waals surface area contributed by atoms with Gasteiger partial charge in [0, 0.05) is 0 Å². The van der Waals surface area contributed by atoms with Crippen LogP contribution in [-0.4, -0.2) is 11.1 Å². The summed E-state index contributed by atoms with van der Waals surface area (Å²) < 4.78 is 0. The maximum atomic E-state index is 11.1. The molecule has 4 aliphatic rings. The molecule has 15 heavy (non-hydrogen) atoms. The van der Waals surface area contributed by atoms with Gasteiger partial charge in [0.25, 0.3) is 0 Å². The van der Waals surface area contributed by atoms with E-state index in [2.05, 4.69) is 6.92 Å².